The van der Waals surface area contributed by atoms with Gasteiger partial charge in [0.05, 0.1) is 17.3 Å². The van der Waals surface area contributed by atoms with E-state index in [0.29, 0.717) is 29.0 Å². The highest BCUT2D eigenvalue weighted by Crippen LogP contribution is 2.28. The van der Waals surface area contributed by atoms with Gasteiger partial charge >= 0.3 is 0 Å². The Bertz CT molecular complexity index is 1170. The van der Waals surface area contributed by atoms with Crippen LogP contribution in [0.3, 0.4) is 0 Å². The Morgan fingerprint density at radius 2 is 2.20 bits per heavy atom. The Hall–Kier alpha value is -2.87. The molecule has 0 bridgehead atoms. The standard InChI is InChI=1S/C22H21F2N3O2S/c1-13(23)18-4-2-3-15(20(18)24)11-25-22(28)19-10-16(9-17-12-26-27-21(17)19)14-5-7-30(29)8-6-14/h2-5,9-10,12-13H,6-8,11H2,1H3,(H,25,28)(H,26,27). The van der Waals surface area contributed by atoms with Gasteiger partial charge in [-0.25, -0.2) is 8.78 Å². The number of allylic oxidation sites excluding steroid dienone is 1. The molecular formula is C22H21F2N3O2S. The van der Waals surface area contributed by atoms with Crippen molar-refractivity contribution in [3.8, 4) is 0 Å². The lowest BCUT2D eigenvalue weighted by Gasteiger charge is -2.15. The number of rotatable bonds is 5. The molecule has 30 heavy (non-hydrogen) atoms. The summed E-state index contributed by atoms with van der Waals surface area (Å²) in [4.78, 5) is 12.9. The molecule has 3 aromatic rings. The average Bonchev–Trinajstić information content (AvgIpc) is 3.21. The lowest BCUT2D eigenvalue weighted by atomic mass is 9.98. The molecule has 0 saturated heterocycles. The number of nitrogens with zero attached hydrogens (tertiary/aromatic N) is 1. The summed E-state index contributed by atoms with van der Waals surface area (Å²) in [6.45, 7) is 1.21. The van der Waals surface area contributed by atoms with Crippen LogP contribution in [0.25, 0.3) is 16.5 Å². The van der Waals surface area contributed by atoms with E-state index in [2.05, 4.69) is 15.5 Å². The lowest BCUT2D eigenvalue weighted by molar-refractivity contribution is 0.0952. The maximum absolute atomic E-state index is 14.5. The highest BCUT2D eigenvalue weighted by Gasteiger charge is 2.18. The van der Waals surface area contributed by atoms with Crippen molar-refractivity contribution in [2.24, 2.45) is 0 Å². The minimum atomic E-state index is -1.43. The fraction of sp³-hybridized carbons (Fsp3) is 0.273. The molecule has 0 fully saturated rings. The third-order valence-electron chi connectivity index (χ3n) is 5.26. The molecule has 1 amide bonds. The van der Waals surface area contributed by atoms with Gasteiger partial charge in [0.25, 0.3) is 5.91 Å². The van der Waals surface area contributed by atoms with E-state index in [1.54, 1.807) is 18.3 Å². The fourth-order valence-corrected chi connectivity index (χ4v) is 4.60. The molecule has 1 aliphatic rings. The van der Waals surface area contributed by atoms with Crippen molar-refractivity contribution < 1.29 is 17.8 Å². The summed E-state index contributed by atoms with van der Waals surface area (Å²) in [6.07, 6.45) is 2.83. The van der Waals surface area contributed by atoms with E-state index in [9.17, 15) is 17.8 Å². The molecule has 4 rings (SSSR count). The van der Waals surface area contributed by atoms with Gasteiger partial charge in [-0.1, -0.05) is 24.3 Å². The van der Waals surface area contributed by atoms with Crippen LogP contribution in [-0.4, -0.2) is 31.8 Å². The van der Waals surface area contributed by atoms with Crippen molar-refractivity contribution in [1.29, 1.82) is 0 Å². The molecule has 8 heteroatoms. The van der Waals surface area contributed by atoms with Crippen LogP contribution >= 0.6 is 0 Å². The summed E-state index contributed by atoms with van der Waals surface area (Å²) >= 11 is 0. The number of carbonyl (C=O) groups is 1. The second-order valence-corrected chi connectivity index (χ2v) is 8.89. The SMILES string of the molecule is CC(F)c1cccc(CNC(=O)c2cc(C3=CCS(=O)CC3)cc3cn[nH]c23)c1F. The number of fused-ring (bicyclic) bond motifs is 1. The van der Waals surface area contributed by atoms with Gasteiger partial charge in [-0.15, -0.1) is 0 Å². The van der Waals surface area contributed by atoms with Gasteiger partial charge in [0.15, 0.2) is 0 Å². The van der Waals surface area contributed by atoms with Crippen molar-refractivity contribution in [3.63, 3.8) is 0 Å². The number of alkyl halides is 1. The number of carbonyl (C=O) groups excluding carboxylic acids is 1. The Morgan fingerprint density at radius 3 is 2.93 bits per heavy atom. The van der Waals surface area contributed by atoms with E-state index >= 15 is 0 Å². The largest absolute Gasteiger partial charge is 0.348 e. The highest BCUT2D eigenvalue weighted by atomic mass is 32.2. The van der Waals surface area contributed by atoms with Gasteiger partial charge < -0.3 is 5.32 Å². The molecule has 2 aromatic carbocycles. The molecule has 5 nitrogen and oxygen atoms in total. The van der Waals surface area contributed by atoms with Crippen molar-refractivity contribution >= 4 is 33.2 Å². The maximum Gasteiger partial charge on any atom is 0.253 e. The predicted molar refractivity (Wildman–Crippen MR) is 114 cm³/mol. The number of amides is 1. The molecule has 156 valence electrons. The number of H-pyrrole nitrogens is 1. The normalized spacial score (nSPS) is 17.6. The van der Waals surface area contributed by atoms with Crippen LogP contribution in [0.15, 0.2) is 42.6 Å². The summed E-state index contributed by atoms with van der Waals surface area (Å²) in [5, 5.41) is 10.4. The molecule has 0 saturated carbocycles. The average molecular weight is 429 g/mol. The Balaban J connectivity index is 1.61. The first-order chi connectivity index (χ1) is 14.4. The molecule has 2 N–H and O–H groups in total. The number of hydrogen-bond donors (Lipinski definition) is 2. The predicted octanol–water partition coefficient (Wildman–Crippen LogP) is 4.20. The quantitative estimate of drug-likeness (QED) is 0.638. The van der Waals surface area contributed by atoms with Gasteiger partial charge in [-0.3, -0.25) is 14.1 Å². The van der Waals surface area contributed by atoms with Crippen LogP contribution in [-0.2, 0) is 17.3 Å². The van der Waals surface area contributed by atoms with E-state index in [1.807, 2.05) is 12.1 Å². The minimum Gasteiger partial charge on any atom is -0.348 e. The zero-order chi connectivity index (χ0) is 21.3. The molecule has 2 heterocycles. The van der Waals surface area contributed by atoms with Crippen LogP contribution < -0.4 is 5.32 Å². The number of benzene rings is 2. The molecule has 0 radical (unpaired) electrons. The third kappa shape index (κ3) is 4.05. The third-order valence-corrected chi connectivity index (χ3v) is 6.45. The fourth-order valence-electron chi connectivity index (χ4n) is 3.60. The zero-order valence-corrected chi connectivity index (χ0v) is 17.2. The van der Waals surface area contributed by atoms with Crippen LogP contribution in [0.1, 0.15) is 46.6 Å². The lowest BCUT2D eigenvalue weighted by Crippen LogP contribution is -2.24. The van der Waals surface area contributed by atoms with Gasteiger partial charge in [-0.05, 0) is 36.6 Å². The van der Waals surface area contributed by atoms with Gasteiger partial charge in [0.2, 0.25) is 0 Å². The number of aromatic amines is 1. The van der Waals surface area contributed by atoms with E-state index in [1.165, 1.54) is 19.1 Å². The van der Waals surface area contributed by atoms with E-state index < -0.39 is 22.8 Å². The van der Waals surface area contributed by atoms with E-state index in [4.69, 9.17) is 0 Å². The monoisotopic (exact) mass is 429 g/mol. The zero-order valence-electron chi connectivity index (χ0n) is 16.4. The summed E-state index contributed by atoms with van der Waals surface area (Å²) < 4.78 is 39.7. The summed E-state index contributed by atoms with van der Waals surface area (Å²) in [6, 6.07) is 8.21. The molecule has 2 unspecified atom stereocenters. The Labute approximate surface area is 175 Å². The molecule has 0 spiro atoms. The van der Waals surface area contributed by atoms with Crippen molar-refractivity contribution in [3.05, 3.63) is 70.7 Å². The van der Waals surface area contributed by atoms with Crippen LogP contribution in [0.5, 0.6) is 0 Å². The number of halogens is 2. The molecule has 1 aromatic heterocycles. The smallest absolute Gasteiger partial charge is 0.253 e. The van der Waals surface area contributed by atoms with Crippen molar-refractivity contribution in [1.82, 2.24) is 15.5 Å². The van der Waals surface area contributed by atoms with Gasteiger partial charge in [-0.2, -0.15) is 5.10 Å². The first kappa shape index (κ1) is 20.4. The minimum absolute atomic E-state index is 0.0265. The second kappa shape index (κ2) is 8.47. The number of hydrogen-bond acceptors (Lipinski definition) is 3. The van der Waals surface area contributed by atoms with E-state index in [0.717, 1.165) is 16.5 Å². The summed E-state index contributed by atoms with van der Waals surface area (Å²) in [5.41, 5.74) is 3.10. The van der Waals surface area contributed by atoms with Gasteiger partial charge in [0, 0.05) is 45.4 Å². The second-order valence-electron chi connectivity index (χ2n) is 7.27. The molecule has 0 aliphatic carbocycles. The summed E-state index contributed by atoms with van der Waals surface area (Å²) in [7, 11) is -0.837. The van der Waals surface area contributed by atoms with Crippen LogP contribution in [0.4, 0.5) is 8.78 Å². The first-order valence-electron chi connectivity index (χ1n) is 9.65. The van der Waals surface area contributed by atoms with E-state index in [-0.39, 0.29) is 23.6 Å². The van der Waals surface area contributed by atoms with Crippen LogP contribution in [0, 0.1) is 5.82 Å². The topological polar surface area (TPSA) is 74.8 Å². The number of aromatic nitrogens is 2. The molecular weight excluding hydrogens is 408 g/mol. The van der Waals surface area contributed by atoms with Crippen molar-refractivity contribution in [2.75, 3.05) is 11.5 Å². The molecule has 2 atom stereocenters. The highest BCUT2D eigenvalue weighted by molar-refractivity contribution is 7.85. The Kier molecular flexibility index (Phi) is 5.76. The molecule has 1 aliphatic heterocycles. The maximum atomic E-state index is 14.5. The summed E-state index contributed by atoms with van der Waals surface area (Å²) in [5.74, 6) is 0.0697. The Morgan fingerprint density at radius 1 is 1.37 bits per heavy atom. The van der Waals surface area contributed by atoms with Crippen LogP contribution in [0.2, 0.25) is 0 Å². The number of nitrogens with one attached hydrogen (secondary N) is 2. The first-order valence-corrected chi connectivity index (χ1v) is 11.1. The van der Waals surface area contributed by atoms with Crippen molar-refractivity contribution in [2.45, 2.75) is 26.1 Å². The van der Waals surface area contributed by atoms with Gasteiger partial charge in [0.1, 0.15) is 12.0 Å².